The third kappa shape index (κ3) is 4.02. The second-order valence-electron chi connectivity index (χ2n) is 4.03. The Hall–Kier alpha value is -1.06. The van der Waals surface area contributed by atoms with Crippen molar-refractivity contribution in [2.24, 2.45) is 0 Å². The molecule has 1 amide bonds. The molecule has 0 saturated carbocycles. The fourth-order valence-electron chi connectivity index (χ4n) is 1.49. The number of amides is 1. The molecule has 0 heterocycles. The van der Waals surface area contributed by atoms with Gasteiger partial charge in [0.05, 0.1) is 6.54 Å². The molecule has 1 aromatic rings. The summed E-state index contributed by atoms with van der Waals surface area (Å²) in [6.45, 7) is 5.01. The van der Waals surface area contributed by atoms with Crippen LogP contribution in [0.15, 0.2) is 24.3 Å². The first kappa shape index (κ1) is 14.0. The summed E-state index contributed by atoms with van der Waals surface area (Å²) in [7, 11) is 1.80. The quantitative estimate of drug-likeness (QED) is 0.876. The largest absolute Gasteiger partial charge is 0.345 e. The maximum Gasteiger partial charge on any atom is 0.236 e. The maximum atomic E-state index is 11.6. The van der Waals surface area contributed by atoms with Gasteiger partial charge in [-0.1, -0.05) is 29.8 Å². The Morgan fingerprint density at radius 2 is 2.12 bits per heavy atom. The zero-order chi connectivity index (χ0) is 12.8. The van der Waals surface area contributed by atoms with Gasteiger partial charge in [-0.25, -0.2) is 0 Å². The predicted octanol–water partition coefficient (Wildman–Crippen LogP) is 2.47. The van der Waals surface area contributed by atoms with Crippen molar-refractivity contribution in [2.45, 2.75) is 19.9 Å². The van der Waals surface area contributed by atoms with Crippen LogP contribution >= 0.6 is 11.6 Å². The summed E-state index contributed by atoms with van der Waals surface area (Å²) in [5, 5.41) is 3.90. The Kier molecular flexibility index (Phi) is 5.45. The summed E-state index contributed by atoms with van der Waals surface area (Å²) in [6.07, 6.45) is 0. The molecule has 0 aliphatic rings. The first-order valence-electron chi connectivity index (χ1n) is 5.78. The molecule has 0 aliphatic heterocycles. The molecule has 1 rings (SSSR count). The molecule has 0 bridgehead atoms. The second-order valence-corrected chi connectivity index (χ2v) is 4.44. The Morgan fingerprint density at radius 3 is 2.71 bits per heavy atom. The van der Waals surface area contributed by atoms with Gasteiger partial charge in [0.15, 0.2) is 0 Å². The van der Waals surface area contributed by atoms with E-state index in [1.165, 1.54) is 0 Å². The lowest BCUT2D eigenvalue weighted by Crippen LogP contribution is -2.36. The molecule has 0 fully saturated rings. The molecule has 1 aromatic carbocycles. The van der Waals surface area contributed by atoms with Crippen molar-refractivity contribution >= 4 is 17.5 Å². The first-order chi connectivity index (χ1) is 8.06. The number of carbonyl (C=O) groups excluding carboxylic acids is 1. The average molecular weight is 255 g/mol. The smallest absolute Gasteiger partial charge is 0.236 e. The maximum absolute atomic E-state index is 11.6. The predicted molar refractivity (Wildman–Crippen MR) is 71.2 cm³/mol. The van der Waals surface area contributed by atoms with E-state index >= 15 is 0 Å². The van der Waals surface area contributed by atoms with Gasteiger partial charge in [0.2, 0.25) is 5.91 Å². The number of nitrogens with one attached hydrogen (secondary N) is 1. The van der Waals surface area contributed by atoms with Crippen LogP contribution in [0.2, 0.25) is 5.02 Å². The SMILES string of the molecule is CCN(C)C(=O)CN[C@H](C)c1ccccc1Cl. The van der Waals surface area contributed by atoms with Gasteiger partial charge in [0.25, 0.3) is 0 Å². The molecule has 0 aliphatic carbocycles. The molecular formula is C13H19ClN2O. The summed E-state index contributed by atoms with van der Waals surface area (Å²) in [5.74, 6) is 0.0893. The summed E-state index contributed by atoms with van der Waals surface area (Å²) in [5.41, 5.74) is 1.01. The lowest BCUT2D eigenvalue weighted by atomic mass is 10.1. The number of likely N-dealkylation sites (N-methyl/N-ethyl adjacent to an activating group) is 1. The van der Waals surface area contributed by atoms with Crippen molar-refractivity contribution in [3.63, 3.8) is 0 Å². The number of nitrogens with zero attached hydrogens (tertiary/aromatic N) is 1. The zero-order valence-electron chi connectivity index (χ0n) is 10.5. The minimum atomic E-state index is 0.0675. The summed E-state index contributed by atoms with van der Waals surface area (Å²) < 4.78 is 0. The van der Waals surface area contributed by atoms with Crippen LogP contribution in [0.4, 0.5) is 0 Å². The number of hydrogen-bond acceptors (Lipinski definition) is 2. The number of rotatable bonds is 5. The minimum Gasteiger partial charge on any atom is -0.345 e. The molecular weight excluding hydrogens is 236 g/mol. The van der Waals surface area contributed by atoms with Crippen LogP contribution in [0.3, 0.4) is 0 Å². The molecule has 17 heavy (non-hydrogen) atoms. The number of benzene rings is 1. The average Bonchev–Trinajstić information content (AvgIpc) is 2.35. The molecule has 4 heteroatoms. The third-order valence-corrected chi connectivity index (χ3v) is 3.18. The van der Waals surface area contributed by atoms with Crippen molar-refractivity contribution in [1.29, 1.82) is 0 Å². The van der Waals surface area contributed by atoms with Crippen LogP contribution in [-0.2, 0) is 4.79 Å². The van der Waals surface area contributed by atoms with Gasteiger partial charge >= 0.3 is 0 Å². The second kappa shape index (κ2) is 6.62. The van der Waals surface area contributed by atoms with Crippen LogP contribution in [-0.4, -0.2) is 30.9 Å². The van der Waals surface area contributed by atoms with E-state index in [1.54, 1.807) is 11.9 Å². The van der Waals surface area contributed by atoms with Gasteiger partial charge < -0.3 is 10.2 Å². The molecule has 3 nitrogen and oxygen atoms in total. The van der Waals surface area contributed by atoms with E-state index in [1.807, 2.05) is 38.1 Å². The molecule has 0 aromatic heterocycles. The highest BCUT2D eigenvalue weighted by atomic mass is 35.5. The molecule has 0 spiro atoms. The minimum absolute atomic E-state index is 0.0675. The Morgan fingerprint density at radius 1 is 1.47 bits per heavy atom. The van der Waals surface area contributed by atoms with Crippen LogP contribution in [0.5, 0.6) is 0 Å². The van der Waals surface area contributed by atoms with Gasteiger partial charge in [-0.3, -0.25) is 4.79 Å². The summed E-state index contributed by atoms with van der Waals surface area (Å²) >= 11 is 6.09. The van der Waals surface area contributed by atoms with E-state index in [0.29, 0.717) is 6.54 Å². The lowest BCUT2D eigenvalue weighted by Gasteiger charge is -2.18. The Bertz CT molecular complexity index is 381. The van der Waals surface area contributed by atoms with E-state index in [4.69, 9.17) is 11.6 Å². The summed E-state index contributed by atoms with van der Waals surface area (Å²) in [6, 6.07) is 7.73. The zero-order valence-corrected chi connectivity index (χ0v) is 11.3. The van der Waals surface area contributed by atoms with Crippen molar-refractivity contribution in [2.75, 3.05) is 20.1 Å². The monoisotopic (exact) mass is 254 g/mol. The molecule has 0 radical (unpaired) electrons. The van der Waals surface area contributed by atoms with Gasteiger partial charge in [0.1, 0.15) is 0 Å². The third-order valence-electron chi connectivity index (χ3n) is 2.83. The van der Waals surface area contributed by atoms with E-state index in [9.17, 15) is 4.79 Å². The van der Waals surface area contributed by atoms with E-state index < -0.39 is 0 Å². The number of carbonyl (C=O) groups is 1. The van der Waals surface area contributed by atoms with E-state index in [-0.39, 0.29) is 11.9 Å². The Labute approximate surface area is 108 Å². The molecule has 1 N–H and O–H groups in total. The summed E-state index contributed by atoms with van der Waals surface area (Å²) in [4.78, 5) is 13.3. The van der Waals surface area contributed by atoms with Crippen molar-refractivity contribution in [1.82, 2.24) is 10.2 Å². The van der Waals surface area contributed by atoms with E-state index in [0.717, 1.165) is 17.1 Å². The fourth-order valence-corrected chi connectivity index (χ4v) is 1.79. The van der Waals surface area contributed by atoms with Crippen molar-refractivity contribution in [3.05, 3.63) is 34.9 Å². The molecule has 1 atom stereocenters. The highest BCUT2D eigenvalue weighted by molar-refractivity contribution is 6.31. The lowest BCUT2D eigenvalue weighted by molar-refractivity contribution is -0.128. The van der Waals surface area contributed by atoms with Crippen LogP contribution < -0.4 is 5.32 Å². The standard InChI is InChI=1S/C13H19ClN2O/c1-4-16(3)13(17)9-15-10(2)11-7-5-6-8-12(11)14/h5-8,10,15H,4,9H2,1-3H3/t10-/m1/s1. The molecule has 0 unspecified atom stereocenters. The fraction of sp³-hybridized carbons (Fsp3) is 0.462. The topological polar surface area (TPSA) is 32.3 Å². The van der Waals surface area contributed by atoms with Gasteiger partial charge in [-0.05, 0) is 25.5 Å². The van der Waals surface area contributed by atoms with Crippen LogP contribution in [0.1, 0.15) is 25.5 Å². The normalized spacial score (nSPS) is 12.2. The first-order valence-corrected chi connectivity index (χ1v) is 6.15. The van der Waals surface area contributed by atoms with Crippen LogP contribution in [0, 0.1) is 0 Å². The number of hydrogen-bond donors (Lipinski definition) is 1. The Balaban J connectivity index is 2.53. The van der Waals surface area contributed by atoms with E-state index in [2.05, 4.69) is 5.32 Å². The highest BCUT2D eigenvalue weighted by Crippen LogP contribution is 2.21. The van der Waals surface area contributed by atoms with Gasteiger partial charge in [-0.2, -0.15) is 0 Å². The number of halogens is 1. The van der Waals surface area contributed by atoms with Gasteiger partial charge in [-0.15, -0.1) is 0 Å². The van der Waals surface area contributed by atoms with Gasteiger partial charge in [0, 0.05) is 24.7 Å². The van der Waals surface area contributed by atoms with Crippen LogP contribution in [0.25, 0.3) is 0 Å². The molecule has 94 valence electrons. The molecule has 0 saturated heterocycles. The van der Waals surface area contributed by atoms with Crippen molar-refractivity contribution < 1.29 is 4.79 Å². The highest BCUT2D eigenvalue weighted by Gasteiger charge is 2.11. The van der Waals surface area contributed by atoms with Crippen molar-refractivity contribution in [3.8, 4) is 0 Å².